The van der Waals surface area contributed by atoms with Crippen molar-refractivity contribution >= 4 is 32.7 Å². The van der Waals surface area contributed by atoms with Crippen molar-refractivity contribution in [3.63, 3.8) is 0 Å². The Bertz CT molecular complexity index is 1840. The fraction of sp³-hybridized carbons (Fsp3) is 0. The summed E-state index contributed by atoms with van der Waals surface area (Å²) in [6, 6.07) is 27.2. The fourth-order valence-corrected chi connectivity index (χ4v) is 4.72. The smallest absolute Gasteiger partial charge is 0.180 e. The monoisotopic (exact) mass is 450 g/mol. The summed E-state index contributed by atoms with van der Waals surface area (Å²) >= 11 is 0. The van der Waals surface area contributed by atoms with Gasteiger partial charge in [-0.3, -0.25) is 9.97 Å². The normalized spacial score (nSPS) is 11.4. The third-order valence-corrected chi connectivity index (χ3v) is 6.26. The number of pyridine rings is 1. The zero-order valence-electron chi connectivity index (χ0n) is 18.6. The maximum Gasteiger partial charge on any atom is 0.180 e. The number of nitrogens with zero attached hydrogens (tertiary/aromatic N) is 6. The van der Waals surface area contributed by atoms with Gasteiger partial charge in [-0.15, -0.1) is 0 Å². The molecule has 7 rings (SSSR count). The van der Waals surface area contributed by atoms with E-state index in [1.807, 2.05) is 42.7 Å². The van der Waals surface area contributed by atoms with E-state index in [2.05, 4.69) is 68.0 Å². The molecule has 164 valence electrons. The lowest BCUT2D eigenvalue weighted by atomic mass is 10.0. The number of fused-ring (bicyclic) bond motifs is 4. The van der Waals surface area contributed by atoms with Crippen LogP contribution in [0.4, 0.5) is 0 Å². The molecule has 6 nitrogen and oxygen atoms in total. The topological polar surface area (TPSA) is 69.4 Å². The quantitative estimate of drug-likeness (QED) is 0.318. The summed E-state index contributed by atoms with van der Waals surface area (Å²) in [5.41, 5.74) is 6.79. The molecular formula is C29H18N6. The first-order valence-corrected chi connectivity index (χ1v) is 11.3. The van der Waals surface area contributed by atoms with Gasteiger partial charge in [-0.05, 0) is 36.4 Å². The van der Waals surface area contributed by atoms with Crippen molar-refractivity contribution in [1.82, 2.24) is 29.5 Å². The van der Waals surface area contributed by atoms with Crippen LogP contribution in [-0.4, -0.2) is 29.5 Å². The SMILES string of the molecule is c1ccc2c(-c3ccc4c(c3)c3ccccc3n4-c3ccncc3)nc(-c3cnccn3)nc2c1. The van der Waals surface area contributed by atoms with Crippen molar-refractivity contribution in [2.24, 2.45) is 0 Å². The molecule has 0 saturated heterocycles. The molecule has 0 N–H and O–H groups in total. The number of para-hydroxylation sites is 2. The van der Waals surface area contributed by atoms with Gasteiger partial charge in [0.25, 0.3) is 0 Å². The minimum Gasteiger partial charge on any atom is -0.309 e. The first-order chi connectivity index (χ1) is 17.4. The van der Waals surface area contributed by atoms with E-state index in [1.54, 1.807) is 18.6 Å². The van der Waals surface area contributed by atoms with Gasteiger partial charge in [0.15, 0.2) is 5.82 Å². The molecule has 0 aliphatic carbocycles. The Morgan fingerprint density at radius 3 is 2.26 bits per heavy atom. The molecule has 0 unspecified atom stereocenters. The molecule has 0 spiro atoms. The van der Waals surface area contributed by atoms with Crippen molar-refractivity contribution in [3.05, 3.63) is 110 Å². The molecule has 0 saturated carbocycles. The number of benzene rings is 3. The zero-order chi connectivity index (χ0) is 23.2. The Labute approximate surface area is 200 Å². The largest absolute Gasteiger partial charge is 0.309 e. The van der Waals surface area contributed by atoms with E-state index in [4.69, 9.17) is 9.97 Å². The van der Waals surface area contributed by atoms with Crippen LogP contribution < -0.4 is 0 Å². The Balaban J connectivity index is 1.52. The Kier molecular flexibility index (Phi) is 4.35. The third kappa shape index (κ3) is 3.15. The van der Waals surface area contributed by atoms with Gasteiger partial charge in [0.1, 0.15) is 5.69 Å². The van der Waals surface area contributed by atoms with E-state index in [0.717, 1.165) is 38.9 Å². The van der Waals surface area contributed by atoms with Crippen molar-refractivity contribution in [2.75, 3.05) is 0 Å². The van der Waals surface area contributed by atoms with Crippen LogP contribution in [0.15, 0.2) is 110 Å². The summed E-state index contributed by atoms with van der Waals surface area (Å²) in [7, 11) is 0. The minimum atomic E-state index is 0.561. The summed E-state index contributed by atoms with van der Waals surface area (Å²) in [6.07, 6.45) is 8.65. The first-order valence-electron chi connectivity index (χ1n) is 11.3. The van der Waals surface area contributed by atoms with E-state index in [-0.39, 0.29) is 0 Å². The van der Waals surface area contributed by atoms with Crippen LogP contribution in [0.1, 0.15) is 0 Å². The first kappa shape index (κ1) is 19.5. The molecule has 0 aliphatic heterocycles. The Hall–Kier alpha value is -4.97. The molecule has 0 fully saturated rings. The van der Waals surface area contributed by atoms with Crippen LogP contribution in [0.3, 0.4) is 0 Å². The Morgan fingerprint density at radius 1 is 0.600 bits per heavy atom. The van der Waals surface area contributed by atoms with Crippen LogP contribution >= 0.6 is 0 Å². The van der Waals surface area contributed by atoms with E-state index >= 15 is 0 Å². The molecule has 0 radical (unpaired) electrons. The van der Waals surface area contributed by atoms with Crippen molar-refractivity contribution in [1.29, 1.82) is 0 Å². The fourth-order valence-electron chi connectivity index (χ4n) is 4.72. The molecule has 0 bridgehead atoms. The maximum atomic E-state index is 4.96. The lowest BCUT2D eigenvalue weighted by molar-refractivity contribution is 1.14. The van der Waals surface area contributed by atoms with Gasteiger partial charge in [0.05, 0.1) is 28.4 Å². The third-order valence-electron chi connectivity index (χ3n) is 6.26. The number of hydrogen-bond donors (Lipinski definition) is 0. The summed E-state index contributed by atoms with van der Waals surface area (Å²) in [5, 5.41) is 3.35. The standard InChI is InChI=1S/C29H18N6/c1-3-7-24-22(6-1)28(34-29(33-24)25-18-31-15-16-32-25)19-9-10-27-23(17-19)21-5-2-4-8-26(21)35(27)20-11-13-30-14-12-20/h1-18H. The minimum absolute atomic E-state index is 0.561. The van der Waals surface area contributed by atoms with Gasteiger partial charge in [-0.25, -0.2) is 15.0 Å². The van der Waals surface area contributed by atoms with Crippen LogP contribution in [0, 0.1) is 0 Å². The molecule has 4 aromatic heterocycles. The molecule has 0 aliphatic rings. The molecule has 3 aromatic carbocycles. The van der Waals surface area contributed by atoms with E-state index in [0.29, 0.717) is 11.5 Å². The van der Waals surface area contributed by atoms with Crippen molar-refractivity contribution < 1.29 is 0 Å². The van der Waals surface area contributed by atoms with Gasteiger partial charge < -0.3 is 4.57 Å². The molecule has 7 aromatic rings. The van der Waals surface area contributed by atoms with Gasteiger partial charge in [0, 0.05) is 52.2 Å². The number of aromatic nitrogens is 6. The predicted molar refractivity (Wildman–Crippen MR) is 138 cm³/mol. The van der Waals surface area contributed by atoms with Crippen LogP contribution in [0.2, 0.25) is 0 Å². The molecule has 0 amide bonds. The van der Waals surface area contributed by atoms with Gasteiger partial charge in [-0.2, -0.15) is 0 Å². The van der Waals surface area contributed by atoms with Crippen molar-refractivity contribution in [2.45, 2.75) is 0 Å². The summed E-state index contributed by atoms with van der Waals surface area (Å²) in [4.78, 5) is 22.5. The predicted octanol–water partition coefficient (Wildman–Crippen LogP) is 6.25. The average molecular weight is 451 g/mol. The molecule has 6 heteroatoms. The second-order valence-electron chi connectivity index (χ2n) is 8.29. The molecule has 35 heavy (non-hydrogen) atoms. The van der Waals surface area contributed by atoms with E-state index in [1.165, 1.54) is 10.8 Å². The number of rotatable bonds is 3. The highest BCUT2D eigenvalue weighted by Gasteiger charge is 2.16. The van der Waals surface area contributed by atoms with Gasteiger partial charge >= 0.3 is 0 Å². The highest BCUT2D eigenvalue weighted by Crippen LogP contribution is 2.36. The van der Waals surface area contributed by atoms with Gasteiger partial charge in [0.2, 0.25) is 0 Å². The van der Waals surface area contributed by atoms with Crippen LogP contribution in [0.5, 0.6) is 0 Å². The average Bonchev–Trinajstić information content (AvgIpc) is 3.27. The van der Waals surface area contributed by atoms with Crippen molar-refractivity contribution in [3.8, 4) is 28.5 Å². The van der Waals surface area contributed by atoms with Crippen LogP contribution in [0.25, 0.3) is 61.2 Å². The second-order valence-corrected chi connectivity index (χ2v) is 8.29. The lowest BCUT2D eigenvalue weighted by Crippen LogP contribution is -1.97. The second kappa shape index (κ2) is 7.81. The van der Waals surface area contributed by atoms with E-state index in [9.17, 15) is 0 Å². The van der Waals surface area contributed by atoms with Crippen LogP contribution in [-0.2, 0) is 0 Å². The molecule has 0 atom stereocenters. The number of hydrogen-bond acceptors (Lipinski definition) is 5. The molecule has 4 heterocycles. The maximum absolute atomic E-state index is 4.96. The molecular weight excluding hydrogens is 432 g/mol. The summed E-state index contributed by atoms with van der Waals surface area (Å²) in [6.45, 7) is 0. The van der Waals surface area contributed by atoms with Gasteiger partial charge in [-0.1, -0.05) is 42.5 Å². The summed E-state index contributed by atoms with van der Waals surface area (Å²) < 4.78 is 2.28. The Morgan fingerprint density at radius 2 is 1.40 bits per heavy atom. The van der Waals surface area contributed by atoms with E-state index < -0.39 is 0 Å². The summed E-state index contributed by atoms with van der Waals surface area (Å²) in [5.74, 6) is 0.561. The highest BCUT2D eigenvalue weighted by molar-refractivity contribution is 6.11. The zero-order valence-corrected chi connectivity index (χ0v) is 18.6. The lowest BCUT2D eigenvalue weighted by Gasteiger charge is -2.10. The highest BCUT2D eigenvalue weighted by atomic mass is 15.0.